The van der Waals surface area contributed by atoms with Crippen LogP contribution in [0.5, 0.6) is 5.75 Å². The monoisotopic (exact) mass is 192 g/mol. The highest BCUT2D eigenvalue weighted by atomic mass is 16.5. The van der Waals surface area contributed by atoms with E-state index in [1.165, 1.54) is 0 Å². The van der Waals surface area contributed by atoms with Gasteiger partial charge >= 0.3 is 0 Å². The van der Waals surface area contributed by atoms with Crippen LogP contribution in [0.2, 0.25) is 0 Å². The maximum Gasteiger partial charge on any atom is 0.150 e. The van der Waals surface area contributed by atoms with Gasteiger partial charge in [0.2, 0.25) is 0 Å². The largest absolute Gasteiger partial charge is 0.494 e. The van der Waals surface area contributed by atoms with Crippen molar-refractivity contribution < 1.29 is 14.3 Å². The second kappa shape index (κ2) is 4.56. The van der Waals surface area contributed by atoms with E-state index in [9.17, 15) is 9.59 Å². The summed E-state index contributed by atoms with van der Waals surface area (Å²) in [5, 5.41) is 0. The van der Waals surface area contributed by atoms with E-state index in [1.807, 2.05) is 6.92 Å². The van der Waals surface area contributed by atoms with Crippen molar-refractivity contribution in [3.63, 3.8) is 0 Å². The fourth-order valence-corrected chi connectivity index (χ4v) is 1.23. The third-order valence-corrected chi connectivity index (χ3v) is 1.99. The molecule has 14 heavy (non-hydrogen) atoms. The van der Waals surface area contributed by atoms with Crippen molar-refractivity contribution in [2.45, 2.75) is 13.8 Å². The van der Waals surface area contributed by atoms with Crippen molar-refractivity contribution in [3.05, 3.63) is 28.8 Å². The van der Waals surface area contributed by atoms with Gasteiger partial charge in [0.05, 0.1) is 6.61 Å². The van der Waals surface area contributed by atoms with Crippen molar-refractivity contribution in [3.8, 4) is 5.75 Å². The van der Waals surface area contributed by atoms with Crippen LogP contribution in [-0.4, -0.2) is 19.2 Å². The third-order valence-electron chi connectivity index (χ3n) is 1.99. The molecule has 3 nitrogen and oxygen atoms in total. The van der Waals surface area contributed by atoms with Gasteiger partial charge in [-0.05, 0) is 26.0 Å². The summed E-state index contributed by atoms with van der Waals surface area (Å²) in [6, 6.07) is 3.19. The molecule has 0 saturated heterocycles. The SMILES string of the molecule is CCOc1cc(C=O)cc(C=O)c1C. The molecule has 0 atom stereocenters. The van der Waals surface area contributed by atoms with Gasteiger partial charge < -0.3 is 4.74 Å². The molecule has 1 rings (SSSR count). The van der Waals surface area contributed by atoms with Gasteiger partial charge in [0.15, 0.2) is 0 Å². The van der Waals surface area contributed by atoms with Crippen LogP contribution >= 0.6 is 0 Å². The number of hydrogen-bond acceptors (Lipinski definition) is 3. The summed E-state index contributed by atoms with van der Waals surface area (Å²) in [5.74, 6) is 0.596. The van der Waals surface area contributed by atoms with E-state index in [2.05, 4.69) is 0 Å². The molecule has 0 fully saturated rings. The second-order valence-corrected chi connectivity index (χ2v) is 2.90. The fourth-order valence-electron chi connectivity index (χ4n) is 1.23. The highest BCUT2D eigenvalue weighted by Gasteiger charge is 2.06. The molecule has 0 aliphatic heterocycles. The van der Waals surface area contributed by atoms with E-state index >= 15 is 0 Å². The van der Waals surface area contributed by atoms with E-state index in [0.29, 0.717) is 29.8 Å². The summed E-state index contributed by atoms with van der Waals surface area (Å²) in [6.07, 6.45) is 1.43. The molecular weight excluding hydrogens is 180 g/mol. The van der Waals surface area contributed by atoms with Crippen LogP contribution < -0.4 is 4.74 Å². The van der Waals surface area contributed by atoms with Crippen LogP contribution in [0.1, 0.15) is 33.2 Å². The van der Waals surface area contributed by atoms with Crippen molar-refractivity contribution in [2.75, 3.05) is 6.61 Å². The standard InChI is InChI=1S/C11H12O3/c1-3-14-11-5-9(6-12)4-10(7-13)8(11)2/h4-7H,3H2,1-2H3. The Morgan fingerprint density at radius 3 is 2.50 bits per heavy atom. The molecule has 1 aromatic carbocycles. The topological polar surface area (TPSA) is 43.4 Å². The zero-order valence-electron chi connectivity index (χ0n) is 8.24. The number of carbonyl (C=O) groups excluding carboxylic acids is 2. The van der Waals surface area contributed by atoms with Crippen LogP contribution in [-0.2, 0) is 0 Å². The average Bonchev–Trinajstić information content (AvgIpc) is 2.21. The van der Waals surface area contributed by atoms with Crippen molar-refractivity contribution >= 4 is 12.6 Å². The average molecular weight is 192 g/mol. The minimum atomic E-state index is 0.459. The van der Waals surface area contributed by atoms with Gasteiger partial charge in [-0.1, -0.05) is 0 Å². The first-order chi connectivity index (χ1) is 6.72. The van der Waals surface area contributed by atoms with Gasteiger partial charge in [-0.15, -0.1) is 0 Å². The van der Waals surface area contributed by atoms with Gasteiger partial charge in [0, 0.05) is 16.7 Å². The molecule has 0 spiro atoms. The molecular formula is C11H12O3. The van der Waals surface area contributed by atoms with Crippen LogP contribution in [0.25, 0.3) is 0 Å². The summed E-state index contributed by atoms with van der Waals surface area (Å²) in [6.45, 7) is 4.17. The zero-order chi connectivity index (χ0) is 10.6. The van der Waals surface area contributed by atoms with Gasteiger partial charge in [-0.3, -0.25) is 9.59 Å². The molecule has 0 N–H and O–H groups in total. The molecule has 0 aliphatic rings. The molecule has 0 heterocycles. The molecule has 0 aliphatic carbocycles. The lowest BCUT2D eigenvalue weighted by atomic mass is 10.1. The number of carbonyl (C=O) groups is 2. The summed E-state index contributed by atoms with van der Waals surface area (Å²) < 4.78 is 5.30. The van der Waals surface area contributed by atoms with Gasteiger partial charge in [-0.25, -0.2) is 0 Å². The Kier molecular flexibility index (Phi) is 3.40. The lowest BCUT2D eigenvalue weighted by Crippen LogP contribution is -1.99. The Hall–Kier alpha value is -1.64. The molecule has 0 bridgehead atoms. The number of hydrogen-bond donors (Lipinski definition) is 0. The normalized spacial score (nSPS) is 9.57. The van der Waals surface area contributed by atoms with Crippen molar-refractivity contribution in [1.29, 1.82) is 0 Å². The first kappa shape index (κ1) is 10.4. The van der Waals surface area contributed by atoms with Crippen LogP contribution in [0.4, 0.5) is 0 Å². The number of rotatable bonds is 4. The molecule has 0 aromatic heterocycles. The van der Waals surface area contributed by atoms with E-state index in [0.717, 1.165) is 11.8 Å². The molecule has 1 aromatic rings. The minimum absolute atomic E-state index is 0.459. The predicted octanol–water partition coefficient (Wildman–Crippen LogP) is 2.02. The summed E-state index contributed by atoms with van der Waals surface area (Å²) >= 11 is 0. The summed E-state index contributed by atoms with van der Waals surface area (Å²) in [4.78, 5) is 21.3. The van der Waals surface area contributed by atoms with E-state index in [-0.39, 0.29) is 0 Å². The molecule has 0 unspecified atom stereocenters. The smallest absolute Gasteiger partial charge is 0.150 e. The van der Waals surface area contributed by atoms with Gasteiger partial charge in [-0.2, -0.15) is 0 Å². The van der Waals surface area contributed by atoms with Crippen molar-refractivity contribution in [1.82, 2.24) is 0 Å². The minimum Gasteiger partial charge on any atom is -0.494 e. The Labute approximate surface area is 82.7 Å². The Balaban J connectivity index is 3.25. The lowest BCUT2D eigenvalue weighted by molar-refractivity contribution is 0.112. The maximum atomic E-state index is 10.7. The molecule has 0 amide bonds. The number of aldehydes is 2. The van der Waals surface area contributed by atoms with Crippen LogP contribution in [0, 0.1) is 6.92 Å². The molecule has 3 heteroatoms. The second-order valence-electron chi connectivity index (χ2n) is 2.90. The van der Waals surface area contributed by atoms with Crippen LogP contribution in [0.3, 0.4) is 0 Å². The van der Waals surface area contributed by atoms with Gasteiger partial charge in [0.1, 0.15) is 18.3 Å². The Morgan fingerprint density at radius 2 is 2.00 bits per heavy atom. The highest BCUT2D eigenvalue weighted by molar-refractivity contribution is 5.85. The van der Waals surface area contributed by atoms with Gasteiger partial charge in [0.25, 0.3) is 0 Å². The predicted molar refractivity (Wildman–Crippen MR) is 53.1 cm³/mol. The lowest BCUT2D eigenvalue weighted by Gasteiger charge is -2.09. The van der Waals surface area contributed by atoms with E-state index in [4.69, 9.17) is 4.74 Å². The highest BCUT2D eigenvalue weighted by Crippen LogP contribution is 2.22. The summed E-state index contributed by atoms with van der Waals surface area (Å²) in [5.41, 5.74) is 1.73. The molecule has 0 radical (unpaired) electrons. The zero-order valence-corrected chi connectivity index (χ0v) is 8.24. The maximum absolute atomic E-state index is 10.7. The number of ether oxygens (including phenoxy) is 1. The number of benzene rings is 1. The molecule has 0 saturated carbocycles. The summed E-state index contributed by atoms with van der Waals surface area (Å²) in [7, 11) is 0. The van der Waals surface area contributed by atoms with Crippen LogP contribution in [0.15, 0.2) is 12.1 Å². The third kappa shape index (κ3) is 1.99. The molecule has 74 valence electrons. The quantitative estimate of drug-likeness (QED) is 0.685. The first-order valence-electron chi connectivity index (χ1n) is 4.40. The first-order valence-corrected chi connectivity index (χ1v) is 4.40. The van der Waals surface area contributed by atoms with Crippen molar-refractivity contribution in [2.24, 2.45) is 0 Å². The fraction of sp³-hybridized carbons (Fsp3) is 0.273. The van der Waals surface area contributed by atoms with E-state index in [1.54, 1.807) is 19.1 Å². The Morgan fingerprint density at radius 1 is 1.29 bits per heavy atom. The Bertz CT molecular complexity index is 356. The van der Waals surface area contributed by atoms with E-state index < -0.39 is 0 Å².